The summed E-state index contributed by atoms with van der Waals surface area (Å²) in [6, 6.07) is 5.11. The number of Topliss-reactive ketones (excluding diaryl/α,β-unsaturated/α-hetero) is 1. The molecular weight excluding hydrogens is 449 g/mol. The Morgan fingerprint density at radius 3 is 2.63 bits per heavy atom. The monoisotopic (exact) mass is 489 g/mol. The zero-order valence-corrected chi connectivity index (χ0v) is 21.5. The first-order chi connectivity index (χ1) is 16.5. The summed E-state index contributed by atoms with van der Waals surface area (Å²) in [6.45, 7) is 8.84. The van der Waals surface area contributed by atoms with Gasteiger partial charge in [0.1, 0.15) is 11.6 Å². The van der Waals surface area contributed by atoms with Crippen molar-refractivity contribution in [3.05, 3.63) is 47.6 Å². The molecule has 6 nitrogen and oxygen atoms in total. The van der Waals surface area contributed by atoms with Gasteiger partial charge >= 0.3 is 5.97 Å². The summed E-state index contributed by atoms with van der Waals surface area (Å²) >= 11 is 0. The topological polar surface area (TPSA) is 96.7 Å². The predicted molar refractivity (Wildman–Crippen MR) is 134 cm³/mol. The van der Waals surface area contributed by atoms with Gasteiger partial charge in [-0.25, -0.2) is 4.39 Å². The molecule has 0 saturated heterocycles. The molecule has 0 aliphatic carbocycles. The number of aliphatic hydroxyl groups excluding tert-OH is 2. The van der Waals surface area contributed by atoms with Crippen LogP contribution in [0.1, 0.15) is 78.8 Å². The molecule has 2 rings (SSSR count). The van der Waals surface area contributed by atoms with E-state index in [4.69, 9.17) is 4.74 Å². The molecule has 0 fully saturated rings. The molecular formula is C28H40FNO5. The van der Waals surface area contributed by atoms with E-state index in [1.54, 1.807) is 38.2 Å². The second-order valence-electron chi connectivity index (χ2n) is 10.2. The number of aromatic nitrogens is 1. The van der Waals surface area contributed by atoms with Gasteiger partial charge < -0.3 is 14.9 Å². The van der Waals surface area contributed by atoms with E-state index in [9.17, 15) is 19.8 Å². The second-order valence-corrected chi connectivity index (χ2v) is 10.2. The standard InChI is InChI=1S/C28H40FNO5/c1-6-21-26(33)19(3)11-9-10-18(2)13-14-23(22(29)16-20-12-7-8-15-30-20)35-25(32)17-24(31)28(4,5)27(21)34/h7-8,12-13,15-16,19,21,23-24,26,31,33H,6,9-11,14,17H2,1-5H3/b18-13-,22-16-/t19-,21+,23-,24-,26-/m0/s1. The van der Waals surface area contributed by atoms with Crippen LogP contribution < -0.4 is 0 Å². The van der Waals surface area contributed by atoms with Gasteiger partial charge in [0.15, 0.2) is 6.10 Å². The van der Waals surface area contributed by atoms with Gasteiger partial charge in [-0.1, -0.05) is 45.4 Å². The summed E-state index contributed by atoms with van der Waals surface area (Å²) in [6.07, 6.45) is 3.68. The number of ether oxygens (including phenoxy) is 1. The minimum atomic E-state index is -1.34. The number of esters is 1. The van der Waals surface area contributed by atoms with E-state index >= 15 is 4.39 Å². The minimum absolute atomic E-state index is 0.103. The van der Waals surface area contributed by atoms with Crippen molar-refractivity contribution in [1.82, 2.24) is 4.98 Å². The molecule has 0 spiro atoms. The summed E-state index contributed by atoms with van der Waals surface area (Å²) in [5.74, 6) is -2.49. The maximum absolute atomic E-state index is 15.1. The lowest BCUT2D eigenvalue weighted by Crippen LogP contribution is -2.46. The first-order valence-electron chi connectivity index (χ1n) is 12.5. The van der Waals surface area contributed by atoms with Crippen LogP contribution in [-0.4, -0.2) is 45.3 Å². The summed E-state index contributed by atoms with van der Waals surface area (Å²) < 4.78 is 20.6. The molecule has 1 aliphatic rings. The molecule has 0 amide bonds. The van der Waals surface area contributed by atoms with E-state index in [0.717, 1.165) is 24.8 Å². The molecule has 0 saturated carbocycles. The van der Waals surface area contributed by atoms with Crippen LogP contribution >= 0.6 is 0 Å². The van der Waals surface area contributed by atoms with Crippen molar-refractivity contribution in [1.29, 1.82) is 0 Å². The largest absolute Gasteiger partial charge is 0.455 e. The van der Waals surface area contributed by atoms with Gasteiger partial charge in [-0.15, -0.1) is 0 Å². The number of hydrogen-bond acceptors (Lipinski definition) is 6. The Bertz CT molecular complexity index is 911. The third-order valence-corrected chi connectivity index (χ3v) is 7.07. The summed E-state index contributed by atoms with van der Waals surface area (Å²) in [5.41, 5.74) is 0.139. The number of hydrogen-bond donors (Lipinski definition) is 2. The van der Waals surface area contributed by atoms with Crippen LogP contribution in [0.25, 0.3) is 6.08 Å². The molecule has 0 unspecified atom stereocenters. The number of rotatable bonds is 3. The molecule has 7 heteroatoms. The average Bonchev–Trinajstić information content (AvgIpc) is 2.81. The molecule has 35 heavy (non-hydrogen) atoms. The Balaban J connectivity index is 2.36. The van der Waals surface area contributed by atoms with Crippen molar-refractivity contribution in [2.24, 2.45) is 17.3 Å². The summed E-state index contributed by atoms with van der Waals surface area (Å²) in [7, 11) is 0. The Kier molecular flexibility index (Phi) is 10.8. The number of pyridine rings is 1. The van der Waals surface area contributed by atoms with Gasteiger partial charge in [0.25, 0.3) is 0 Å². The quantitative estimate of drug-likeness (QED) is 0.448. The van der Waals surface area contributed by atoms with Crippen LogP contribution in [0.2, 0.25) is 0 Å². The zero-order valence-electron chi connectivity index (χ0n) is 21.5. The van der Waals surface area contributed by atoms with Crippen LogP contribution in [0.5, 0.6) is 0 Å². The Morgan fingerprint density at radius 1 is 1.29 bits per heavy atom. The van der Waals surface area contributed by atoms with Crippen molar-refractivity contribution in [3.8, 4) is 0 Å². The van der Waals surface area contributed by atoms with E-state index in [1.807, 2.05) is 26.8 Å². The van der Waals surface area contributed by atoms with Crippen molar-refractivity contribution >= 4 is 17.8 Å². The predicted octanol–water partition coefficient (Wildman–Crippen LogP) is 5.19. The fourth-order valence-corrected chi connectivity index (χ4v) is 4.44. The van der Waals surface area contributed by atoms with Gasteiger partial charge in [-0.3, -0.25) is 14.6 Å². The third kappa shape index (κ3) is 8.07. The van der Waals surface area contributed by atoms with Crippen LogP contribution in [0.3, 0.4) is 0 Å². The highest BCUT2D eigenvalue weighted by Crippen LogP contribution is 2.34. The van der Waals surface area contributed by atoms with Crippen molar-refractivity contribution < 1.29 is 28.9 Å². The second kappa shape index (κ2) is 13.1. The fourth-order valence-electron chi connectivity index (χ4n) is 4.44. The van der Waals surface area contributed by atoms with E-state index in [1.165, 1.54) is 6.08 Å². The van der Waals surface area contributed by atoms with Crippen LogP contribution in [0.4, 0.5) is 4.39 Å². The molecule has 0 radical (unpaired) electrons. The fraction of sp³-hybridized carbons (Fsp3) is 0.607. The SMILES string of the molecule is CC[C@H]1C(=O)C(C)(C)[C@@H](O)CC(=O)O[C@H](/C(F)=C/c2ccccn2)C/C=C(/C)CCC[C@H](C)[C@@H]1O. The molecule has 2 N–H and O–H groups in total. The van der Waals surface area contributed by atoms with Crippen LogP contribution in [0.15, 0.2) is 41.9 Å². The molecule has 1 aromatic rings. The van der Waals surface area contributed by atoms with Crippen molar-refractivity contribution in [2.75, 3.05) is 0 Å². The summed E-state index contributed by atoms with van der Waals surface area (Å²) in [4.78, 5) is 30.1. The number of ketones is 1. The van der Waals surface area contributed by atoms with Crippen LogP contribution in [-0.2, 0) is 14.3 Å². The van der Waals surface area contributed by atoms with E-state index < -0.39 is 47.9 Å². The molecule has 1 aliphatic heterocycles. The highest BCUT2D eigenvalue weighted by Gasteiger charge is 2.43. The molecule has 2 heterocycles. The van der Waals surface area contributed by atoms with Gasteiger partial charge in [-0.05, 0) is 56.7 Å². The summed E-state index contributed by atoms with van der Waals surface area (Å²) in [5, 5.41) is 21.7. The van der Waals surface area contributed by atoms with Gasteiger partial charge in [0.05, 0.1) is 29.7 Å². The number of carbonyl (C=O) groups excluding carboxylic acids is 2. The Morgan fingerprint density at radius 2 is 2.00 bits per heavy atom. The zero-order chi connectivity index (χ0) is 26.2. The normalized spacial score (nSPS) is 31.4. The third-order valence-electron chi connectivity index (χ3n) is 7.07. The lowest BCUT2D eigenvalue weighted by Gasteiger charge is -2.35. The molecule has 5 atom stereocenters. The maximum Gasteiger partial charge on any atom is 0.309 e. The van der Waals surface area contributed by atoms with Crippen molar-refractivity contribution in [2.45, 2.75) is 91.5 Å². The first kappa shape index (κ1) is 28.9. The highest BCUT2D eigenvalue weighted by molar-refractivity contribution is 5.88. The van der Waals surface area contributed by atoms with E-state index in [2.05, 4.69) is 4.98 Å². The lowest BCUT2D eigenvalue weighted by atomic mass is 9.71. The number of carbonyl (C=O) groups is 2. The smallest absolute Gasteiger partial charge is 0.309 e. The van der Waals surface area contributed by atoms with E-state index in [0.29, 0.717) is 12.1 Å². The Labute approximate surface area is 208 Å². The molecule has 1 aromatic heterocycles. The van der Waals surface area contributed by atoms with Gasteiger partial charge in [0, 0.05) is 18.5 Å². The number of cyclic esters (lactones) is 1. The average molecular weight is 490 g/mol. The number of halogens is 1. The van der Waals surface area contributed by atoms with E-state index in [-0.39, 0.29) is 18.1 Å². The number of aliphatic hydroxyl groups is 2. The first-order valence-corrected chi connectivity index (χ1v) is 12.5. The maximum atomic E-state index is 15.1. The highest BCUT2D eigenvalue weighted by atomic mass is 19.1. The number of allylic oxidation sites excluding steroid dienone is 1. The number of nitrogens with zero attached hydrogens (tertiary/aromatic N) is 1. The molecule has 0 bridgehead atoms. The Hall–Kier alpha value is -2.38. The molecule has 0 aromatic carbocycles. The van der Waals surface area contributed by atoms with Gasteiger partial charge in [-0.2, -0.15) is 0 Å². The van der Waals surface area contributed by atoms with Crippen molar-refractivity contribution in [3.63, 3.8) is 0 Å². The molecule has 194 valence electrons. The minimum Gasteiger partial charge on any atom is -0.455 e. The van der Waals surface area contributed by atoms with Crippen LogP contribution in [0, 0.1) is 17.3 Å². The lowest BCUT2D eigenvalue weighted by molar-refractivity contribution is -0.155. The van der Waals surface area contributed by atoms with Gasteiger partial charge in [0.2, 0.25) is 0 Å².